The number of nitrogens with zero attached hydrogens (tertiary/aromatic N) is 2. The van der Waals surface area contributed by atoms with Gasteiger partial charge in [-0.15, -0.1) is 5.54 Å². The number of amides is 2. The molecule has 236 valence electrons. The monoisotopic (exact) mass is 623 g/mol. The number of ether oxygens (including phenoxy) is 2. The number of hydrogen-bond acceptors (Lipinski definition) is 5. The Labute approximate surface area is 268 Å². The lowest BCUT2D eigenvalue weighted by molar-refractivity contribution is 0.0139. The van der Waals surface area contributed by atoms with Crippen LogP contribution in [0.25, 0.3) is 11.1 Å². The van der Waals surface area contributed by atoms with Gasteiger partial charge in [0.25, 0.3) is 0 Å². The number of anilines is 1. The fourth-order valence-corrected chi connectivity index (χ4v) is 6.31. The van der Waals surface area contributed by atoms with Crippen LogP contribution in [0, 0.1) is 18.4 Å². The summed E-state index contributed by atoms with van der Waals surface area (Å²) in [5, 5.41) is 3.04. The van der Waals surface area contributed by atoms with Crippen molar-refractivity contribution < 1.29 is 19.1 Å². The molecule has 2 amide bonds. The number of benzene rings is 3. The molecule has 45 heavy (non-hydrogen) atoms. The van der Waals surface area contributed by atoms with Crippen LogP contribution < -0.4 is 5.32 Å². The summed E-state index contributed by atoms with van der Waals surface area (Å²) >= 11 is 0. The Morgan fingerprint density at radius 2 is 1.53 bits per heavy atom. The van der Waals surface area contributed by atoms with Gasteiger partial charge in [-0.25, -0.2) is 9.59 Å². The zero-order valence-electron chi connectivity index (χ0n) is 27.6. The average Bonchev–Trinajstić information content (AvgIpc) is 3.29. The number of carbonyl (C=O) groups excluding carboxylic acids is 2. The fraction of sp³-hybridized carbons (Fsp3) is 0.405. The van der Waals surface area contributed by atoms with Gasteiger partial charge in [0, 0.05) is 49.9 Å². The highest BCUT2D eigenvalue weighted by atomic mass is 28.3. The molecule has 2 aliphatic rings. The van der Waals surface area contributed by atoms with Crippen molar-refractivity contribution in [2.75, 3.05) is 38.1 Å². The lowest BCUT2D eigenvalue weighted by Crippen LogP contribution is -2.49. The van der Waals surface area contributed by atoms with Crippen LogP contribution in [0.4, 0.5) is 15.3 Å². The largest absolute Gasteiger partial charge is 0.448 e. The smallest absolute Gasteiger partial charge is 0.411 e. The molecule has 5 rings (SSSR count). The minimum atomic E-state index is -1.63. The van der Waals surface area contributed by atoms with Crippen molar-refractivity contribution in [3.63, 3.8) is 0 Å². The van der Waals surface area contributed by atoms with Gasteiger partial charge in [0.15, 0.2) is 0 Å². The molecular formula is C37H45N3O4Si. The molecule has 1 heterocycles. The fourth-order valence-electron chi connectivity index (χ4n) is 5.80. The van der Waals surface area contributed by atoms with E-state index in [2.05, 4.69) is 71.7 Å². The van der Waals surface area contributed by atoms with Gasteiger partial charge in [-0.1, -0.05) is 74.1 Å². The van der Waals surface area contributed by atoms with E-state index in [0.717, 1.165) is 29.8 Å². The molecule has 0 spiro atoms. The van der Waals surface area contributed by atoms with E-state index in [1.807, 2.05) is 58.0 Å². The Bertz CT molecular complexity index is 1590. The summed E-state index contributed by atoms with van der Waals surface area (Å²) in [6.07, 6.45) is -0.747. The molecule has 0 saturated carbocycles. The third-order valence-corrected chi connectivity index (χ3v) is 8.93. The van der Waals surface area contributed by atoms with Crippen molar-refractivity contribution in [3.05, 3.63) is 88.5 Å². The highest BCUT2D eigenvalue weighted by molar-refractivity contribution is 6.83. The number of piperazine rings is 1. The normalized spacial score (nSPS) is 15.0. The zero-order chi connectivity index (χ0) is 32.4. The predicted octanol–water partition coefficient (Wildman–Crippen LogP) is 7.64. The summed E-state index contributed by atoms with van der Waals surface area (Å²) in [4.78, 5) is 29.9. The minimum Gasteiger partial charge on any atom is -0.448 e. The van der Waals surface area contributed by atoms with Crippen LogP contribution in [-0.2, 0) is 16.0 Å². The number of fused-ring (bicyclic) bond motifs is 3. The first-order valence-corrected chi connectivity index (χ1v) is 19.3. The van der Waals surface area contributed by atoms with Gasteiger partial charge in [0.1, 0.15) is 20.3 Å². The van der Waals surface area contributed by atoms with Crippen LogP contribution in [0.2, 0.25) is 19.6 Å². The van der Waals surface area contributed by atoms with Crippen LogP contribution in [-0.4, -0.2) is 68.4 Å². The van der Waals surface area contributed by atoms with E-state index in [1.54, 1.807) is 4.90 Å². The van der Waals surface area contributed by atoms with E-state index in [4.69, 9.17) is 9.47 Å². The van der Waals surface area contributed by atoms with Crippen molar-refractivity contribution in [2.45, 2.75) is 65.4 Å². The van der Waals surface area contributed by atoms with Crippen molar-refractivity contribution in [3.8, 4) is 22.6 Å². The van der Waals surface area contributed by atoms with E-state index < -0.39 is 19.8 Å². The molecule has 1 fully saturated rings. The van der Waals surface area contributed by atoms with Gasteiger partial charge < -0.3 is 14.4 Å². The highest BCUT2D eigenvalue weighted by Crippen LogP contribution is 2.44. The van der Waals surface area contributed by atoms with Gasteiger partial charge in [-0.2, -0.15) is 0 Å². The topological polar surface area (TPSA) is 71.1 Å². The number of rotatable bonds is 5. The lowest BCUT2D eigenvalue weighted by atomic mass is 9.98. The van der Waals surface area contributed by atoms with Crippen LogP contribution in [0.1, 0.15) is 54.5 Å². The highest BCUT2D eigenvalue weighted by Gasteiger charge is 2.29. The third kappa shape index (κ3) is 8.16. The van der Waals surface area contributed by atoms with E-state index in [1.165, 1.54) is 22.3 Å². The second-order valence-electron chi connectivity index (χ2n) is 14.0. The first kappa shape index (κ1) is 32.3. The summed E-state index contributed by atoms with van der Waals surface area (Å²) < 4.78 is 11.4. The molecule has 3 aromatic rings. The van der Waals surface area contributed by atoms with Crippen molar-refractivity contribution >= 4 is 25.9 Å². The average molecular weight is 624 g/mol. The molecule has 1 aliphatic heterocycles. The van der Waals surface area contributed by atoms with Crippen LogP contribution in [0.5, 0.6) is 0 Å². The van der Waals surface area contributed by atoms with Gasteiger partial charge in [0.2, 0.25) is 0 Å². The second-order valence-corrected chi connectivity index (χ2v) is 18.8. The van der Waals surface area contributed by atoms with Gasteiger partial charge >= 0.3 is 12.2 Å². The first-order valence-electron chi connectivity index (χ1n) is 15.8. The molecular weight excluding hydrogens is 579 g/mol. The van der Waals surface area contributed by atoms with Crippen molar-refractivity contribution in [1.82, 2.24) is 9.80 Å². The summed E-state index contributed by atoms with van der Waals surface area (Å²) in [6, 6.07) is 20.8. The number of hydrogen-bond donors (Lipinski definition) is 1. The van der Waals surface area contributed by atoms with Crippen molar-refractivity contribution in [1.29, 1.82) is 0 Å². The Hall–Kier alpha value is -4.06. The van der Waals surface area contributed by atoms with Gasteiger partial charge in [-0.05, 0) is 73.2 Å². The molecule has 0 radical (unpaired) electrons. The number of nitrogens with one attached hydrogen (secondary N) is 1. The quantitative estimate of drug-likeness (QED) is 0.234. The minimum absolute atomic E-state index is 0.00639. The SMILES string of the molecule is Cc1c(C#C[Si](C)(C)C)cc(CN2CCN(C(=O)OC(C)(C)C)CC2)cc1NC(=O)OCC1c2ccccc2-c2ccccc21. The maximum absolute atomic E-state index is 13.3. The van der Waals surface area contributed by atoms with Crippen LogP contribution in [0.15, 0.2) is 60.7 Å². The van der Waals surface area contributed by atoms with Crippen LogP contribution >= 0.6 is 0 Å². The predicted molar refractivity (Wildman–Crippen MR) is 183 cm³/mol. The molecule has 0 aromatic heterocycles. The molecule has 8 heteroatoms. The molecule has 0 bridgehead atoms. The molecule has 1 saturated heterocycles. The van der Waals surface area contributed by atoms with Crippen LogP contribution in [0.3, 0.4) is 0 Å². The third-order valence-electron chi connectivity index (χ3n) is 8.05. The molecule has 0 atom stereocenters. The van der Waals surface area contributed by atoms with Gasteiger partial charge in [0.05, 0.1) is 0 Å². The van der Waals surface area contributed by atoms with E-state index in [-0.39, 0.29) is 18.6 Å². The zero-order valence-corrected chi connectivity index (χ0v) is 28.6. The van der Waals surface area contributed by atoms with Crippen molar-refractivity contribution in [2.24, 2.45) is 0 Å². The summed E-state index contributed by atoms with van der Waals surface area (Å²) in [5.41, 5.74) is 11.3. The molecule has 3 aromatic carbocycles. The molecule has 7 nitrogen and oxygen atoms in total. The Morgan fingerprint density at radius 3 is 2.11 bits per heavy atom. The Balaban J connectivity index is 1.29. The maximum atomic E-state index is 13.3. The van der Waals surface area contributed by atoms with Gasteiger partial charge in [-0.3, -0.25) is 10.2 Å². The summed E-state index contributed by atoms with van der Waals surface area (Å²) in [6.45, 7) is 17.9. The second kappa shape index (κ2) is 13.1. The molecule has 0 unspecified atom stereocenters. The maximum Gasteiger partial charge on any atom is 0.411 e. The molecule has 1 N–H and O–H groups in total. The Morgan fingerprint density at radius 1 is 0.933 bits per heavy atom. The standard InChI is InChI=1S/C37H45N3O4Si/c1-26-28(16-21-45(5,6)7)22-27(24-39-17-19-40(20-18-39)36(42)44-37(2,3)4)23-34(26)38-35(41)43-25-33-31-14-10-8-12-29(31)30-13-9-11-15-32(30)33/h8-15,22-23,33H,17-20,24-25H2,1-7H3,(H,38,41). The van der Waals surface area contributed by atoms with E-state index in [9.17, 15) is 9.59 Å². The molecule has 1 aliphatic carbocycles. The Kier molecular flexibility index (Phi) is 9.43. The first-order chi connectivity index (χ1) is 21.3. The lowest BCUT2D eigenvalue weighted by Gasteiger charge is -2.35. The number of carbonyl (C=O) groups is 2. The summed E-state index contributed by atoms with van der Waals surface area (Å²) in [7, 11) is -1.63. The van der Waals surface area contributed by atoms with E-state index in [0.29, 0.717) is 25.3 Å². The summed E-state index contributed by atoms with van der Waals surface area (Å²) in [5.74, 6) is 3.41. The van der Waals surface area contributed by atoms with E-state index >= 15 is 0 Å².